The Balaban J connectivity index is 4.06. The molecule has 0 fully saturated rings. The van der Waals surface area contributed by atoms with E-state index in [-0.39, 0.29) is 12.2 Å². The van der Waals surface area contributed by atoms with Crippen LogP contribution in [-0.4, -0.2) is 18.8 Å². The third-order valence-electron chi connectivity index (χ3n) is 1.93. The van der Waals surface area contributed by atoms with Crippen molar-refractivity contribution in [2.24, 2.45) is 0 Å². The van der Waals surface area contributed by atoms with Crippen LogP contribution in [0.4, 0.5) is 0 Å². The minimum absolute atomic E-state index is 0.171. The molecule has 4 nitrogen and oxygen atoms in total. The molecule has 0 spiro atoms. The molecule has 0 aliphatic carbocycles. The van der Waals surface area contributed by atoms with Gasteiger partial charge in [0.2, 0.25) is 0 Å². The van der Waals surface area contributed by atoms with E-state index in [1.165, 1.54) is 12.8 Å². The van der Waals surface area contributed by atoms with Gasteiger partial charge < -0.3 is 0 Å². The van der Waals surface area contributed by atoms with Crippen molar-refractivity contribution in [3.8, 4) is 0 Å². The van der Waals surface area contributed by atoms with E-state index in [1.54, 1.807) is 0 Å². The Kier molecular flexibility index (Phi) is 9.15. The number of unbranched alkanes of at least 4 members (excludes halogenated alkanes) is 3. The molecule has 0 aromatic heterocycles. The van der Waals surface area contributed by atoms with Gasteiger partial charge in [0.05, 0.1) is 18.8 Å². The SMILES string of the molecule is CCCCCCOP(=O)(OC(C)C)OC(C)C. The van der Waals surface area contributed by atoms with E-state index in [2.05, 4.69) is 6.92 Å². The summed E-state index contributed by atoms with van der Waals surface area (Å²) in [6.45, 7) is 9.84. The number of phosphoric acid groups is 1. The maximum absolute atomic E-state index is 12.2. The first-order chi connectivity index (χ1) is 7.89. The quantitative estimate of drug-likeness (QED) is 0.430. The fourth-order valence-electron chi connectivity index (χ4n) is 1.31. The molecule has 0 aliphatic rings. The van der Waals surface area contributed by atoms with Crippen LogP contribution >= 0.6 is 7.82 Å². The minimum atomic E-state index is -3.38. The molecule has 0 atom stereocenters. The molecule has 0 rings (SSSR count). The first-order valence-electron chi connectivity index (χ1n) is 6.51. The van der Waals surface area contributed by atoms with Crippen molar-refractivity contribution in [3.05, 3.63) is 0 Å². The van der Waals surface area contributed by atoms with Crippen LogP contribution in [0.3, 0.4) is 0 Å². The van der Waals surface area contributed by atoms with Crippen LogP contribution in [-0.2, 0) is 18.1 Å². The Hall–Kier alpha value is 0.110. The molecule has 17 heavy (non-hydrogen) atoms. The zero-order valence-corrected chi connectivity index (χ0v) is 12.7. The summed E-state index contributed by atoms with van der Waals surface area (Å²) >= 11 is 0. The molecule has 0 amide bonds. The predicted octanol–water partition coefficient (Wildman–Crippen LogP) is 4.54. The monoisotopic (exact) mass is 266 g/mol. The molecule has 104 valence electrons. The van der Waals surface area contributed by atoms with Crippen molar-refractivity contribution in [2.75, 3.05) is 6.61 Å². The van der Waals surface area contributed by atoms with Crippen molar-refractivity contribution in [1.29, 1.82) is 0 Å². The summed E-state index contributed by atoms with van der Waals surface area (Å²) in [7, 11) is -3.38. The van der Waals surface area contributed by atoms with Crippen LogP contribution < -0.4 is 0 Å². The highest BCUT2D eigenvalue weighted by Gasteiger charge is 2.29. The van der Waals surface area contributed by atoms with E-state index in [0.29, 0.717) is 6.61 Å². The number of rotatable bonds is 10. The average molecular weight is 266 g/mol. The van der Waals surface area contributed by atoms with Gasteiger partial charge in [0, 0.05) is 0 Å². The Morgan fingerprint density at radius 2 is 1.47 bits per heavy atom. The van der Waals surface area contributed by atoms with Crippen molar-refractivity contribution >= 4 is 7.82 Å². The second-order valence-corrected chi connectivity index (χ2v) is 6.22. The molecule has 0 radical (unpaired) electrons. The zero-order chi connectivity index (χ0) is 13.3. The van der Waals surface area contributed by atoms with Crippen molar-refractivity contribution in [1.82, 2.24) is 0 Å². The van der Waals surface area contributed by atoms with Crippen molar-refractivity contribution in [2.45, 2.75) is 72.5 Å². The Morgan fingerprint density at radius 3 is 1.88 bits per heavy atom. The Labute approximate surface area is 106 Å². The van der Waals surface area contributed by atoms with Gasteiger partial charge in [-0.2, -0.15) is 0 Å². The van der Waals surface area contributed by atoms with Gasteiger partial charge in [-0.25, -0.2) is 4.57 Å². The fourth-order valence-corrected chi connectivity index (χ4v) is 2.86. The largest absolute Gasteiger partial charge is 0.475 e. The van der Waals surface area contributed by atoms with Crippen LogP contribution in [0.5, 0.6) is 0 Å². The zero-order valence-electron chi connectivity index (χ0n) is 11.8. The average Bonchev–Trinajstić information content (AvgIpc) is 2.14. The van der Waals surface area contributed by atoms with Crippen LogP contribution in [0.15, 0.2) is 0 Å². The van der Waals surface area contributed by atoms with Gasteiger partial charge >= 0.3 is 7.82 Å². The predicted molar refractivity (Wildman–Crippen MR) is 70.1 cm³/mol. The topological polar surface area (TPSA) is 44.8 Å². The molecule has 0 saturated carbocycles. The summed E-state index contributed by atoms with van der Waals surface area (Å²) in [6.07, 6.45) is 3.97. The molecule has 0 heterocycles. The highest BCUT2D eigenvalue weighted by molar-refractivity contribution is 7.48. The van der Waals surface area contributed by atoms with Gasteiger partial charge in [-0.1, -0.05) is 26.2 Å². The second-order valence-electron chi connectivity index (χ2n) is 4.65. The summed E-state index contributed by atoms with van der Waals surface area (Å²) < 4.78 is 28.0. The molecule has 0 bridgehead atoms. The van der Waals surface area contributed by atoms with Gasteiger partial charge in [-0.3, -0.25) is 13.6 Å². The highest BCUT2D eigenvalue weighted by Crippen LogP contribution is 2.51. The normalized spacial score (nSPS) is 12.6. The van der Waals surface area contributed by atoms with Crippen LogP contribution in [0, 0.1) is 0 Å². The summed E-state index contributed by atoms with van der Waals surface area (Å²) in [5.41, 5.74) is 0. The molecule has 0 aromatic rings. The highest BCUT2D eigenvalue weighted by atomic mass is 31.2. The number of hydrogen-bond acceptors (Lipinski definition) is 4. The van der Waals surface area contributed by atoms with Crippen LogP contribution in [0.2, 0.25) is 0 Å². The van der Waals surface area contributed by atoms with Crippen molar-refractivity contribution < 1.29 is 18.1 Å². The van der Waals surface area contributed by atoms with Crippen LogP contribution in [0.25, 0.3) is 0 Å². The lowest BCUT2D eigenvalue weighted by molar-refractivity contribution is 0.0713. The molecule has 0 saturated heterocycles. The Bertz CT molecular complexity index is 215. The molecule has 0 unspecified atom stereocenters. The number of hydrogen-bond donors (Lipinski definition) is 0. The summed E-state index contributed by atoms with van der Waals surface area (Å²) in [6, 6.07) is 0. The van der Waals surface area contributed by atoms with E-state index in [1.807, 2.05) is 27.7 Å². The lowest BCUT2D eigenvalue weighted by Crippen LogP contribution is -2.10. The van der Waals surface area contributed by atoms with Gasteiger partial charge in [-0.05, 0) is 34.1 Å². The second kappa shape index (κ2) is 9.09. The fraction of sp³-hybridized carbons (Fsp3) is 1.00. The summed E-state index contributed by atoms with van der Waals surface area (Å²) in [4.78, 5) is 0. The van der Waals surface area contributed by atoms with Crippen molar-refractivity contribution in [3.63, 3.8) is 0 Å². The molecule has 5 heteroatoms. The molecular formula is C12H27O4P. The summed E-state index contributed by atoms with van der Waals surface area (Å²) in [5.74, 6) is 0. The Morgan fingerprint density at radius 1 is 0.941 bits per heavy atom. The first kappa shape index (κ1) is 17.1. The van der Waals surface area contributed by atoms with E-state index in [9.17, 15) is 4.57 Å². The van der Waals surface area contributed by atoms with E-state index >= 15 is 0 Å². The van der Waals surface area contributed by atoms with Crippen LogP contribution in [0.1, 0.15) is 60.3 Å². The number of phosphoric ester groups is 1. The maximum Gasteiger partial charge on any atom is 0.475 e. The summed E-state index contributed by atoms with van der Waals surface area (Å²) in [5, 5.41) is 0. The lowest BCUT2D eigenvalue weighted by atomic mass is 10.2. The van der Waals surface area contributed by atoms with Gasteiger partial charge in [-0.15, -0.1) is 0 Å². The minimum Gasteiger partial charge on any atom is -0.287 e. The third-order valence-corrected chi connectivity index (χ3v) is 3.79. The molecule has 0 N–H and O–H groups in total. The van der Waals surface area contributed by atoms with Gasteiger partial charge in [0.1, 0.15) is 0 Å². The lowest BCUT2D eigenvalue weighted by Gasteiger charge is -2.21. The van der Waals surface area contributed by atoms with E-state index < -0.39 is 7.82 Å². The maximum atomic E-state index is 12.2. The van der Waals surface area contributed by atoms with Gasteiger partial charge in [0.15, 0.2) is 0 Å². The third kappa shape index (κ3) is 9.78. The molecule has 0 aromatic carbocycles. The van der Waals surface area contributed by atoms with E-state index in [4.69, 9.17) is 13.6 Å². The molecular weight excluding hydrogens is 239 g/mol. The van der Waals surface area contributed by atoms with E-state index in [0.717, 1.165) is 12.8 Å². The molecule has 0 aliphatic heterocycles. The standard InChI is InChI=1S/C12H27O4P/c1-6-7-8-9-10-14-17(13,15-11(2)3)16-12(4)5/h11-12H,6-10H2,1-5H3. The first-order valence-corrected chi connectivity index (χ1v) is 7.97. The smallest absolute Gasteiger partial charge is 0.287 e. The van der Waals surface area contributed by atoms with Gasteiger partial charge in [0.25, 0.3) is 0 Å².